The van der Waals surface area contributed by atoms with Gasteiger partial charge in [0.2, 0.25) is 5.78 Å². The van der Waals surface area contributed by atoms with Crippen molar-refractivity contribution < 1.29 is 31.6 Å². The second-order valence-electron chi connectivity index (χ2n) is 4.00. The van der Waals surface area contributed by atoms with Crippen LogP contribution in [0.5, 0.6) is 0 Å². The molecule has 0 radical (unpaired) electrons. The number of ketones is 1. The second-order valence-corrected chi connectivity index (χ2v) is 5.96. The van der Waals surface area contributed by atoms with E-state index in [9.17, 15) is 22.5 Å². The molecule has 0 amide bonds. The highest BCUT2D eigenvalue weighted by Crippen LogP contribution is 2.51. The molecule has 0 atom stereocenters. The summed E-state index contributed by atoms with van der Waals surface area (Å²) in [7, 11) is -4.05. The predicted octanol–water partition coefficient (Wildman–Crippen LogP) is 3.16. The number of halogens is 3. The van der Waals surface area contributed by atoms with E-state index in [1.165, 1.54) is 27.7 Å². The van der Waals surface area contributed by atoms with Gasteiger partial charge in [0.25, 0.3) is 0 Å². The number of carbonyl (C=O) groups excluding carboxylic acids is 1. The van der Waals surface area contributed by atoms with Crippen LogP contribution < -0.4 is 0 Å². The topological polar surface area (TPSA) is 52.6 Å². The fraction of sp³-hybridized carbons (Fsp3) is 0.889. The smallest absolute Gasteiger partial charge is 0.305 e. The van der Waals surface area contributed by atoms with Gasteiger partial charge in [-0.15, -0.1) is 0 Å². The summed E-state index contributed by atoms with van der Waals surface area (Å²) in [4.78, 5) is 10.8. The number of Topliss-reactive ketones (excluding diaryl/α,β-unsaturated/α-hetero) is 1. The highest BCUT2D eigenvalue weighted by Gasteiger charge is 2.44. The van der Waals surface area contributed by atoms with Crippen molar-refractivity contribution in [2.75, 3.05) is 6.16 Å². The Labute approximate surface area is 98.0 Å². The van der Waals surface area contributed by atoms with Crippen molar-refractivity contribution in [3.63, 3.8) is 0 Å². The van der Waals surface area contributed by atoms with E-state index in [2.05, 4.69) is 0 Å². The van der Waals surface area contributed by atoms with Crippen LogP contribution >= 0.6 is 7.60 Å². The van der Waals surface area contributed by atoms with E-state index in [-0.39, 0.29) is 0 Å². The zero-order chi connectivity index (χ0) is 13.9. The molecule has 0 rings (SSSR count). The molecule has 102 valence electrons. The molecule has 0 aromatic rings. The van der Waals surface area contributed by atoms with Crippen LogP contribution in [-0.4, -0.2) is 30.3 Å². The lowest BCUT2D eigenvalue weighted by atomic mass is 10.4. The summed E-state index contributed by atoms with van der Waals surface area (Å²) in [6.07, 6.45) is -7.51. The Bertz CT molecular complexity index is 298. The van der Waals surface area contributed by atoms with Crippen molar-refractivity contribution in [1.29, 1.82) is 0 Å². The number of rotatable bonds is 6. The molecule has 0 fully saturated rings. The molecule has 8 heteroatoms. The Hall–Kier alpha value is -0.390. The highest BCUT2D eigenvalue weighted by molar-refractivity contribution is 7.54. The van der Waals surface area contributed by atoms with E-state index >= 15 is 0 Å². The van der Waals surface area contributed by atoms with Gasteiger partial charge < -0.3 is 9.05 Å². The minimum absolute atomic E-state index is 0.597. The van der Waals surface area contributed by atoms with Gasteiger partial charge in [-0.25, -0.2) is 0 Å². The molecule has 0 N–H and O–H groups in total. The quantitative estimate of drug-likeness (QED) is 0.699. The van der Waals surface area contributed by atoms with E-state index < -0.39 is 37.9 Å². The summed E-state index contributed by atoms with van der Waals surface area (Å²) in [5.74, 6) is -2.11. The van der Waals surface area contributed by atoms with E-state index in [0.29, 0.717) is 0 Å². The average Bonchev–Trinajstić information content (AvgIpc) is 1.96. The minimum atomic E-state index is -5.03. The van der Waals surface area contributed by atoms with E-state index in [1.807, 2.05) is 0 Å². The van der Waals surface area contributed by atoms with Gasteiger partial charge in [-0.05, 0) is 27.7 Å². The molecule has 17 heavy (non-hydrogen) atoms. The molecule has 0 aliphatic rings. The number of carbonyl (C=O) groups is 1. The number of hydrogen-bond acceptors (Lipinski definition) is 4. The van der Waals surface area contributed by atoms with Crippen LogP contribution in [0.15, 0.2) is 0 Å². The molecule has 0 unspecified atom stereocenters. The minimum Gasteiger partial charge on any atom is -0.305 e. The molecule has 0 saturated heterocycles. The highest BCUT2D eigenvalue weighted by atomic mass is 31.2. The van der Waals surface area contributed by atoms with Crippen LogP contribution in [0.2, 0.25) is 0 Å². The first-order valence-corrected chi connectivity index (χ1v) is 6.75. The normalized spacial score (nSPS) is 13.5. The molecule has 0 aromatic heterocycles. The molecule has 0 heterocycles. The van der Waals surface area contributed by atoms with Crippen molar-refractivity contribution in [3.05, 3.63) is 0 Å². The predicted molar refractivity (Wildman–Crippen MR) is 56.0 cm³/mol. The van der Waals surface area contributed by atoms with Crippen molar-refractivity contribution in [2.45, 2.75) is 46.1 Å². The van der Waals surface area contributed by atoms with Crippen LogP contribution in [0.4, 0.5) is 13.2 Å². The average molecular weight is 276 g/mol. The van der Waals surface area contributed by atoms with Gasteiger partial charge >= 0.3 is 13.8 Å². The van der Waals surface area contributed by atoms with Crippen LogP contribution in [0.25, 0.3) is 0 Å². The van der Waals surface area contributed by atoms with Gasteiger partial charge in [-0.3, -0.25) is 9.36 Å². The summed E-state index contributed by atoms with van der Waals surface area (Å²) < 4.78 is 57.8. The standard InChI is InChI=1S/C9H16F3O4P/c1-6(2)15-17(14,16-7(3)4)5-8(13)9(10,11)12/h6-7H,5H2,1-4H3. The van der Waals surface area contributed by atoms with Gasteiger partial charge in [0.15, 0.2) is 0 Å². The van der Waals surface area contributed by atoms with Gasteiger partial charge in [0.1, 0.15) is 6.16 Å². The lowest BCUT2D eigenvalue weighted by Crippen LogP contribution is -2.27. The second kappa shape index (κ2) is 5.98. The maximum atomic E-state index is 12.1. The monoisotopic (exact) mass is 276 g/mol. The van der Waals surface area contributed by atoms with Gasteiger partial charge in [0.05, 0.1) is 12.2 Å². The van der Waals surface area contributed by atoms with Crippen molar-refractivity contribution in [3.8, 4) is 0 Å². The third-order valence-corrected chi connectivity index (χ3v) is 3.56. The van der Waals surface area contributed by atoms with Crippen LogP contribution in [0.3, 0.4) is 0 Å². The third kappa shape index (κ3) is 6.81. The Balaban J connectivity index is 4.83. The van der Waals surface area contributed by atoms with Crippen molar-refractivity contribution >= 4 is 13.4 Å². The Morgan fingerprint density at radius 2 is 1.47 bits per heavy atom. The number of hydrogen-bond donors (Lipinski definition) is 0. The first-order chi connectivity index (χ1) is 7.46. The van der Waals surface area contributed by atoms with Gasteiger partial charge in [-0.1, -0.05) is 0 Å². The molecule has 0 spiro atoms. The molecular formula is C9H16F3O4P. The Morgan fingerprint density at radius 3 is 1.71 bits per heavy atom. The van der Waals surface area contributed by atoms with Crippen molar-refractivity contribution in [2.24, 2.45) is 0 Å². The lowest BCUT2D eigenvalue weighted by Gasteiger charge is -2.22. The first kappa shape index (κ1) is 16.6. The van der Waals surface area contributed by atoms with Gasteiger partial charge in [0, 0.05) is 0 Å². The largest absolute Gasteiger partial charge is 0.450 e. The summed E-state index contributed by atoms with van der Waals surface area (Å²) in [6, 6.07) is 0. The van der Waals surface area contributed by atoms with E-state index in [0.717, 1.165) is 0 Å². The fourth-order valence-corrected chi connectivity index (χ4v) is 3.02. The molecule has 4 nitrogen and oxygen atoms in total. The van der Waals surface area contributed by atoms with E-state index in [4.69, 9.17) is 9.05 Å². The molecule has 0 aromatic carbocycles. The van der Waals surface area contributed by atoms with Crippen LogP contribution in [0.1, 0.15) is 27.7 Å². The summed E-state index contributed by atoms with van der Waals surface area (Å²) in [5, 5.41) is 0. The Kier molecular flexibility index (Phi) is 5.84. The van der Waals surface area contributed by atoms with E-state index in [1.54, 1.807) is 0 Å². The molecule has 0 saturated carbocycles. The first-order valence-electron chi connectivity index (χ1n) is 5.02. The number of alkyl halides is 3. The van der Waals surface area contributed by atoms with Crippen LogP contribution in [0, 0.1) is 0 Å². The van der Waals surface area contributed by atoms with Crippen LogP contribution in [-0.2, 0) is 18.4 Å². The molecule has 0 aliphatic carbocycles. The van der Waals surface area contributed by atoms with Gasteiger partial charge in [-0.2, -0.15) is 13.2 Å². The summed E-state index contributed by atoms with van der Waals surface area (Å²) in [6.45, 7) is 5.98. The third-order valence-electron chi connectivity index (χ3n) is 1.40. The summed E-state index contributed by atoms with van der Waals surface area (Å²) in [5.41, 5.74) is 0. The lowest BCUT2D eigenvalue weighted by molar-refractivity contribution is -0.168. The maximum absolute atomic E-state index is 12.1. The maximum Gasteiger partial charge on any atom is 0.450 e. The fourth-order valence-electron chi connectivity index (χ4n) is 1.01. The SMILES string of the molecule is CC(C)OP(=O)(CC(=O)C(F)(F)F)OC(C)C. The Morgan fingerprint density at radius 1 is 1.12 bits per heavy atom. The molecular weight excluding hydrogens is 260 g/mol. The summed E-state index contributed by atoms with van der Waals surface area (Å²) >= 11 is 0. The molecule has 0 bridgehead atoms. The molecule has 0 aliphatic heterocycles. The zero-order valence-electron chi connectivity index (χ0n) is 10.1. The van der Waals surface area contributed by atoms with Crippen molar-refractivity contribution in [1.82, 2.24) is 0 Å². The zero-order valence-corrected chi connectivity index (χ0v) is 11.0.